The third-order valence-corrected chi connectivity index (χ3v) is 4.94. The van der Waals surface area contributed by atoms with Crippen LogP contribution in [0.15, 0.2) is 42.0 Å². The lowest BCUT2D eigenvalue weighted by Gasteiger charge is -2.22. The van der Waals surface area contributed by atoms with Crippen LogP contribution in [0.25, 0.3) is 16.2 Å². The molecule has 2 aromatic heterocycles. The van der Waals surface area contributed by atoms with Gasteiger partial charge in [0.2, 0.25) is 5.91 Å². The van der Waals surface area contributed by atoms with Gasteiger partial charge < -0.3 is 10.6 Å². The van der Waals surface area contributed by atoms with Crippen LogP contribution in [0.1, 0.15) is 19.3 Å². The minimum absolute atomic E-state index is 0. The van der Waals surface area contributed by atoms with Gasteiger partial charge in [-0.15, -0.1) is 23.7 Å². The number of rotatable bonds is 3. The zero-order valence-electron chi connectivity index (χ0n) is 13.1. The highest BCUT2D eigenvalue weighted by atomic mass is 35.5. The van der Waals surface area contributed by atoms with Crippen molar-refractivity contribution in [2.45, 2.75) is 25.3 Å². The molecule has 1 aromatic carbocycles. The Balaban J connectivity index is 0.00000169. The van der Waals surface area contributed by atoms with E-state index in [0.717, 1.165) is 47.7 Å². The number of amides is 1. The number of imidazole rings is 1. The van der Waals surface area contributed by atoms with E-state index >= 15 is 0 Å². The Morgan fingerprint density at radius 3 is 2.83 bits per heavy atom. The molecule has 126 valence electrons. The molecule has 1 saturated heterocycles. The van der Waals surface area contributed by atoms with Crippen LogP contribution in [-0.2, 0) is 4.79 Å². The average molecular weight is 363 g/mol. The second-order valence-electron chi connectivity index (χ2n) is 5.79. The van der Waals surface area contributed by atoms with Crippen LogP contribution in [0.5, 0.6) is 0 Å². The fraction of sp³-hybridized carbons (Fsp3) is 0.294. The third-order valence-electron chi connectivity index (χ3n) is 4.17. The van der Waals surface area contributed by atoms with Crippen molar-refractivity contribution in [2.24, 2.45) is 0 Å². The molecule has 1 aliphatic heterocycles. The van der Waals surface area contributed by atoms with Gasteiger partial charge >= 0.3 is 0 Å². The summed E-state index contributed by atoms with van der Waals surface area (Å²) in [5.41, 5.74) is 2.82. The van der Waals surface area contributed by atoms with Gasteiger partial charge in [-0.05, 0) is 31.5 Å². The van der Waals surface area contributed by atoms with Crippen molar-refractivity contribution in [3.8, 4) is 11.3 Å². The van der Waals surface area contributed by atoms with E-state index in [2.05, 4.69) is 15.6 Å². The van der Waals surface area contributed by atoms with Crippen LogP contribution >= 0.6 is 23.7 Å². The maximum Gasteiger partial charge on any atom is 0.241 e. The van der Waals surface area contributed by atoms with Crippen LogP contribution in [0.2, 0.25) is 0 Å². The van der Waals surface area contributed by atoms with Crippen molar-refractivity contribution in [1.82, 2.24) is 14.7 Å². The fourth-order valence-corrected chi connectivity index (χ4v) is 3.60. The molecular weight excluding hydrogens is 344 g/mol. The Labute approximate surface area is 150 Å². The van der Waals surface area contributed by atoms with Crippen molar-refractivity contribution in [3.63, 3.8) is 0 Å². The van der Waals surface area contributed by atoms with E-state index in [1.165, 1.54) is 0 Å². The molecule has 1 atom stereocenters. The van der Waals surface area contributed by atoms with Gasteiger partial charge in [0.1, 0.15) is 0 Å². The van der Waals surface area contributed by atoms with Crippen LogP contribution < -0.4 is 10.6 Å². The topological polar surface area (TPSA) is 58.4 Å². The first-order chi connectivity index (χ1) is 11.3. The van der Waals surface area contributed by atoms with Crippen LogP contribution in [-0.4, -0.2) is 27.9 Å². The first kappa shape index (κ1) is 17.0. The normalized spacial score (nSPS) is 17.4. The highest BCUT2D eigenvalue weighted by Gasteiger charge is 2.20. The Hall–Kier alpha value is -1.89. The number of hydrogen-bond donors (Lipinski definition) is 2. The average Bonchev–Trinajstić information content (AvgIpc) is 3.18. The van der Waals surface area contributed by atoms with E-state index < -0.39 is 0 Å². The number of thiazole rings is 1. The number of carbonyl (C=O) groups excluding carboxylic acids is 1. The number of benzene rings is 1. The van der Waals surface area contributed by atoms with Crippen molar-refractivity contribution in [2.75, 3.05) is 11.9 Å². The predicted molar refractivity (Wildman–Crippen MR) is 100 cm³/mol. The van der Waals surface area contributed by atoms with Gasteiger partial charge in [-0.2, -0.15) is 0 Å². The summed E-state index contributed by atoms with van der Waals surface area (Å²) in [7, 11) is 0. The lowest BCUT2D eigenvalue weighted by molar-refractivity contribution is -0.118. The minimum Gasteiger partial charge on any atom is -0.325 e. The van der Waals surface area contributed by atoms with Crippen LogP contribution in [0, 0.1) is 0 Å². The van der Waals surface area contributed by atoms with Gasteiger partial charge in [-0.25, -0.2) is 4.98 Å². The van der Waals surface area contributed by atoms with Gasteiger partial charge in [-0.3, -0.25) is 9.20 Å². The summed E-state index contributed by atoms with van der Waals surface area (Å²) in [6, 6.07) is 7.79. The molecule has 7 heteroatoms. The lowest BCUT2D eigenvalue weighted by Crippen LogP contribution is -2.43. The molecule has 0 bridgehead atoms. The number of nitrogens with one attached hydrogen (secondary N) is 2. The molecule has 3 aromatic rings. The third kappa shape index (κ3) is 3.45. The molecule has 1 fully saturated rings. The standard InChI is InChI=1S/C17H18N4OS.ClH/c22-16(14-3-1-2-8-18-14)19-13-6-4-12(5-7-13)15-11-21-9-10-23-17(21)20-15;/h4-7,9-11,14,18H,1-3,8H2,(H,19,22);1H/t14-;/m1./s1. The molecular formula is C17H19ClN4OS. The maximum absolute atomic E-state index is 12.2. The first-order valence-electron chi connectivity index (χ1n) is 7.86. The Morgan fingerprint density at radius 2 is 2.12 bits per heavy atom. The summed E-state index contributed by atoms with van der Waals surface area (Å²) in [5, 5.41) is 8.27. The van der Waals surface area contributed by atoms with E-state index in [-0.39, 0.29) is 24.4 Å². The zero-order valence-corrected chi connectivity index (χ0v) is 14.7. The summed E-state index contributed by atoms with van der Waals surface area (Å²) in [6.07, 6.45) is 7.20. The van der Waals surface area contributed by atoms with E-state index in [9.17, 15) is 4.79 Å². The molecule has 0 unspecified atom stereocenters. The van der Waals surface area contributed by atoms with Gasteiger partial charge in [0, 0.05) is 29.0 Å². The fourth-order valence-electron chi connectivity index (χ4n) is 2.90. The second-order valence-corrected chi connectivity index (χ2v) is 6.66. The largest absolute Gasteiger partial charge is 0.325 e. The smallest absolute Gasteiger partial charge is 0.241 e. The molecule has 1 amide bonds. The second kappa shape index (κ2) is 7.34. The molecule has 5 nitrogen and oxygen atoms in total. The number of hydrogen-bond acceptors (Lipinski definition) is 4. The van der Waals surface area contributed by atoms with E-state index in [1.54, 1.807) is 11.3 Å². The van der Waals surface area contributed by atoms with Gasteiger partial charge in [0.05, 0.1) is 11.7 Å². The molecule has 0 saturated carbocycles. The van der Waals surface area contributed by atoms with Gasteiger partial charge in [0.15, 0.2) is 4.96 Å². The molecule has 0 radical (unpaired) electrons. The van der Waals surface area contributed by atoms with Crippen molar-refractivity contribution >= 4 is 40.3 Å². The molecule has 3 heterocycles. The molecule has 0 spiro atoms. The number of nitrogens with zero attached hydrogens (tertiary/aromatic N) is 2. The molecule has 24 heavy (non-hydrogen) atoms. The Kier molecular flexibility index (Phi) is 5.18. The van der Waals surface area contributed by atoms with E-state index in [4.69, 9.17) is 0 Å². The quantitative estimate of drug-likeness (QED) is 0.748. The summed E-state index contributed by atoms with van der Waals surface area (Å²) in [4.78, 5) is 17.8. The minimum atomic E-state index is -0.0663. The number of carbonyl (C=O) groups is 1. The zero-order chi connectivity index (χ0) is 15.6. The van der Waals surface area contributed by atoms with E-state index in [0.29, 0.717) is 0 Å². The molecule has 1 aliphatic rings. The molecule has 4 rings (SSSR count). The van der Waals surface area contributed by atoms with Crippen LogP contribution in [0.3, 0.4) is 0 Å². The van der Waals surface area contributed by atoms with Gasteiger partial charge in [-0.1, -0.05) is 18.6 Å². The Morgan fingerprint density at radius 1 is 1.29 bits per heavy atom. The molecule has 2 N–H and O–H groups in total. The summed E-state index contributed by atoms with van der Waals surface area (Å²) >= 11 is 1.62. The number of fused-ring (bicyclic) bond motifs is 1. The SMILES string of the molecule is Cl.O=C(Nc1ccc(-c2cn3ccsc3n2)cc1)[C@H]1CCCCN1. The summed E-state index contributed by atoms with van der Waals surface area (Å²) in [5.74, 6) is 0.0555. The number of anilines is 1. The monoisotopic (exact) mass is 362 g/mol. The van der Waals surface area contributed by atoms with Crippen molar-refractivity contribution in [3.05, 3.63) is 42.0 Å². The molecule has 0 aliphatic carbocycles. The highest BCUT2D eigenvalue weighted by Crippen LogP contribution is 2.23. The predicted octanol–water partition coefficient (Wildman–Crippen LogP) is 3.57. The highest BCUT2D eigenvalue weighted by molar-refractivity contribution is 7.15. The summed E-state index contributed by atoms with van der Waals surface area (Å²) < 4.78 is 2.02. The summed E-state index contributed by atoms with van der Waals surface area (Å²) in [6.45, 7) is 0.925. The number of aromatic nitrogens is 2. The van der Waals surface area contributed by atoms with E-state index in [1.807, 2.05) is 46.4 Å². The number of piperidine rings is 1. The van der Waals surface area contributed by atoms with Crippen molar-refractivity contribution in [1.29, 1.82) is 0 Å². The lowest BCUT2D eigenvalue weighted by atomic mass is 10.0. The van der Waals surface area contributed by atoms with Crippen LogP contribution in [0.4, 0.5) is 5.69 Å². The number of halogens is 1. The van der Waals surface area contributed by atoms with Gasteiger partial charge in [0.25, 0.3) is 0 Å². The first-order valence-corrected chi connectivity index (χ1v) is 8.74. The Bertz CT molecular complexity index is 792. The maximum atomic E-state index is 12.2. The van der Waals surface area contributed by atoms with Crippen molar-refractivity contribution < 1.29 is 4.79 Å².